The molecule has 1 aromatic carbocycles. The van der Waals surface area contributed by atoms with Gasteiger partial charge in [-0.2, -0.15) is 0 Å². The number of benzene rings is 1. The highest BCUT2D eigenvalue weighted by Gasteiger charge is 2.25. The van der Waals surface area contributed by atoms with Gasteiger partial charge in [0.25, 0.3) is 0 Å². The molecular formula is C22H31ClIN5. The van der Waals surface area contributed by atoms with Crippen molar-refractivity contribution in [2.45, 2.75) is 51.9 Å². The Hall–Kier alpha value is -1.38. The Morgan fingerprint density at radius 1 is 1.21 bits per heavy atom. The fourth-order valence-corrected chi connectivity index (χ4v) is 3.70. The summed E-state index contributed by atoms with van der Waals surface area (Å²) in [6, 6.07) is 15.5. The zero-order valence-corrected chi connectivity index (χ0v) is 20.2. The number of guanidine groups is 1. The second-order valence-electron chi connectivity index (χ2n) is 7.36. The van der Waals surface area contributed by atoms with Crippen molar-refractivity contribution in [1.29, 1.82) is 0 Å². The SMILES string of the molecule is CCNC(=NCc1ccc(Cl)nc1)NC1CCN(Cc2ccccc2)C(C)C1.I. The van der Waals surface area contributed by atoms with Crippen molar-refractivity contribution in [1.82, 2.24) is 20.5 Å². The first-order valence-corrected chi connectivity index (χ1v) is 10.4. The third-order valence-electron chi connectivity index (χ3n) is 5.14. The number of likely N-dealkylation sites (tertiary alicyclic amines) is 1. The number of pyridine rings is 1. The summed E-state index contributed by atoms with van der Waals surface area (Å²) in [5, 5.41) is 7.48. The Kier molecular flexibility index (Phi) is 10.2. The molecule has 0 amide bonds. The van der Waals surface area contributed by atoms with Crippen LogP contribution in [0.5, 0.6) is 0 Å². The molecule has 5 nitrogen and oxygen atoms in total. The highest BCUT2D eigenvalue weighted by atomic mass is 127. The van der Waals surface area contributed by atoms with Gasteiger partial charge in [-0.05, 0) is 43.9 Å². The van der Waals surface area contributed by atoms with E-state index in [4.69, 9.17) is 16.6 Å². The summed E-state index contributed by atoms with van der Waals surface area (Å²) >= 11 is 5.85. The average Bonchev–Trinajstić information content (AvgIpc) is 2.70. The second kappa shape index (κ2) is 12.3. The van der Waals surface area contributed by atoms with E-state index in [0.717, 1.165) is 44.0 Å². The van der Waals surface area contributed by atoms with Crippen LogP contribution in [0.3, 0.4) is 0 Å². The van der Waals surface area contributed by atoms with E-state index in [0.29, 0.717) is 23.8 Å². The number of aromatic nitrogens is 1. The van der Waals surface area contributed by atoms with E-state index in [9.17, 15) is 0 Å². The zero-order chi connectivity index (χ0) is 19.8. The molecule has 1 fully saturated rings. The maximum absolute atomic E-state index is 5.85. The number of nitrogens with one attached hydrogen (secondary N) is 2. The smallest absolute Gasteiger partial charge is 0.191 e. The van der Waals surface area contributed by atoms with Gasteiger partial charge in [-0.3, -0.25) is 4.90 Å². The molecule has 2 heterocycles. The summed E-state index contributed by atoms with van der Waals surface area (Å²) in [6.45, 7) is 7.95. The van der Waals surface area contributed by atoms with Crippen LogP contribution in [0.15, 0.2) is 53.7 Å². The van der Waals surface area contributed by atoms with Crippen LogP contribution in [0.2, 0.25) is 5.15 Å². The average molecular weight is 528 g/mol. The normalized spacial score (nSPS) is 20.0. The molecule has 1 aromatic heterocycles. The van der Waals surface area contributed by atoms with Crippen molar-refractivity contribution >= 4 is 41.5 Å². The van der Waals surface area contributed by atoms with Crippen LogP contribution in [0.4, 0.5) is 0 Å². The molecule has 2 N–H and O–H groups in total. The molecule has 2 unspecified atom stereocenters. The lowest BCUT2D eigenvalue weighted by Gasteiger charge is -2.38. The zero-order valence-electron chi connectivity index (χ0n) is 17.1. The number of nitrogens with zero attached hydrogens (tertiary/aromatic N) is 3. The van der Waals surface area contributed by atoms with Gasteiger partial charge >= 0.3 is 0 Å². The van der Waals surface area contributed by atoms with Crippen LogP contribution in [0, 0.1) is 0 Å². The Labute approximate surface area is 196 Å². The van der Waals surface area contributed by atoms with Crippen molar-refractivity contribution < 1.29 is 0 Å². The van der Waals surface area contributed by atoms with Gasteiger partial charge in [0.05, 0.1) is 6.54 Å². The summed E-state index contributed by atoms with van der Waals surface area (Å²) in [6.07, 6.45) is 4.00. The van der Waals surface area contributed by atoms with Crippen LogP contribution in [-0.4, -0.2) is 41.0 Å². The molecular weight excluding hydrogens is 497 g/mol. The summed E-state index contributed by atoms with van der Waals surface area (Å²) in [5.74, 6) is 0.867. The number of hydrogen-bond acceptors (Lipinski definition) is 3. The summed E-state index contributed by atoms with van der Waals surface area (Å²) in [4.78, 5) is 11.4. The molecule has 2 atom stereocenters. The first-order chi connectivity index (χ1) is 13.6. The van der Waals surface area contributed by atoms with Gasteiger partial charge in [-0.25, -0.2) is 9.98 Å². The minimum Gasteiger partial charge on any atom is -0.357 e. The van der Waals surface area contributed by atoms with Crippen molar-refractivity contribution in [3.05, 3.63) is 64.9 Å². The van der Waals surface area contributed by atoms with Crippen molar-refractivity contribution in [2.24, 2.45) is 4.99 Å². The maximum atomic E-state index is 5.85. The van der Waals surface area contributed by atoms with E-state index in [2.05, 4.69) is 64.7 Å². The lowest BCUT2D eigenvalue weighted by Crippen LogP contribution is -2.51. The molecule has 0 radical (unpaired) electrons. The molecule has 158 valence electrons. The number of piperidine rings is 1. The van der Waals surface area contributed by atoms with E-state index in [1.165, 1.54) is 5.56 Å². The largest absolute Gasteiger partial charge is 0.357 e. The lowest BCUT2D eigenvalue weighted by atomic mass is 9.97. The number of halogens is 2. The molecule has 29 heavy (non-hydrogen) atoms. The van der Waals surface area contributed by atoms with Crippen LogP contribution in [0.25, 0.3) is 0 Å². The molecule has 0 saturated carbocycles. The quantitative estimate of drug-likeness (QED) is 0.252. The predicted molar refractivity (Wildman–Crippen MR) is 132 cm³/mol. The van der Waals surface area contributed by atoms with Gasteiger partial charge < -0.3 is 10.6 Å². The van der Waals surface area contributed by atoms with Crippen molar-refractivity contribution in [3.63, 3.8) is 0 Å². The predicted octanol–water partition coefficient (Wildman–Crippen LogP) is 4.46. The fraction of sp³-hybridized carbons (Fsp3) is 0.455. The molecule has 7 heteroatoms. The van der Waals surface area contributed by atoms with Gasteiger partial charge in [-0.15, -0.1) is 24.0 Å². The molecule has 1 saturated heterocycles. The third-order valence-corrected chi connectivity index (χ3v) is 5.36. The Bertz CT molecular complexity index is 754. The third kappa shape index (κ3) is 7.75. The minimum atomic E-state index is 0. The van der Waals surface area contributed by atoms with Crippen LogP contribution in [0.1, 0.15) is 37.8 Å². The second-order valence-corrected chi connectivity index (χ2v) is 7.74. The van der Waals surface area contributed by atoms with E-state index in [-0.39, 0.29) is 24.0 Å². The van der Waals surface area contributed by atoms with Gasteiger partial charge in [0.1, 0.15) is 5.15 Å². The lowest BCUT2D eigenvalue weighted by molar-refractivity contribution is 0.134. The van der Waals surface area contributed by atoms with E-state index < -0.39 is 0 Å². The molecule has 0 spiro atoms. The van der Waals surface area contributed by atoms with Crippen LogP contribution in [-0.2, 0) is 13.1 Å². The summed E-state index contributed by atoms with van der Waals surface area (Å²) in [7, 11) is 0. The Morgan fingerprint density at radius 2 is 2.00 bits per heavy atom. The van der Waals surface area contributed by atoms with Gasteiger partial charge in [0, 0.05) is 37.9 Å². The summed E-state index contributed by atoms with van der Waals surface area (Å²) in [5.41, 5.74) is 2.43. The molecule has 1 aliphatic heterocycles. The van der Waals surface area contributed by atoms with E-state index >= 15 is 0 Å². The first kappa shape index (κ1) is 23.9. The molecule has 3 rings (SSSR count). The van der Waals surface area contributed by atoms with Crippen LogP contribution >= 0.6 is 35.6 Å². The molecule has 0 aliphatic carbocycles. The topological polar surface area (TPSA) is 52.6 Å². The Balaban J connectivity index is 0.00000300. The Morgan fingerprint density at radius 3 is 2.66 bits per heavy atom. The van der Waals surface area contributed by atoms with Crippen molar-refractivity contribution in [3.8, 4) is 0 Å². The minimum absolute atomic E-state index is 0. The van der Waals surface area contributed by atoms with E-state index in [1.54, 1.807) is 12.3 Å². The monoisotopic (exact) mass is 527 g/mol. The van der Waals surface area contributed by atoms with E-state index in [1.807, 2.05) is 6.07 Å². The number of hydrogen-bond donors (Lipinski definition) is 2. The van der Waals surface area contributed by atoms with Gasteiger partial charge in [0.2, 0.25) is 0 Å². The van der Waals surface area contributed by atoms with Crippen molar-refractivity contribution in [2.75, 3.05) is 13.1 Å². The highest BCUT2D eigenvalue weighted by Crippen LogP contribution is 2.20. The first-order valence-electron chi connectivity index (χ1n) is 10.1. The number of rotatable bonds is 6. The maximum Gasteiger partial charge on any atom is 0.191 e. The molecule has 1 aliphatic rings. The molecule has 2 aromatic rings. The highest BCUT2D eigenvalue weighted by molar-refractivity contribution is 14.0. The van der Waals surface area contributed by atoms with Gasteiger partial charge in [-0.1, -0.05) is 48.0 Å². The summed E-state index contributed by atoms with van der Waals surface area (Å²) < 4.78 is 0. The standard InChI is InChI=1S/C22H30ClN5.HI/c1-3-24-22(26-15-19-9-10-21(23)25-14-19)27-20-11-12-28(17(2)13-20)16-18-7-5-4-6-8-18;/h4-10,14,17,20H,3,11-13,15-16H2,1-2H3,(H2,24,26,27);1H. The van der Waals surface area contributed by atoms with Crippen LogP contribution < -0.4 is 10.6 Å². The number of aliphatic imine (C=N–C) groups is 1. The molecule has 0 bridgehead atoms. The fourth-order valence-electron chi connectivity index (χ4n) is 3.59. The van der Waals surface area contributed by atoms with Gasteiger partial charge in [0.15, 0.2) is 5.96 Å².